The lowest BCUT2D eigenvalue weighted by Gasteiger charge is -2.19. The zero-order valence-electron chi connectivity index (χ0n) is 11.8. The fraction of sp³-hybridized carbons (Fsp3) is 0.545. The molecule has 1 atom stereocenters. The van der Waals surface area contributed by atoms with Gasteiger partial charge >= 0.3 is 0 Å². The molecule has 4 N–H and O–H groups in total. The van der Waals surface area contributed by atoms with Gasteiger partial charge in [-0.15, -0.1) is 0 Å². The van der Waals surface area contributed by atoms with Crippen LogP contribution in [0.5, 0.6) is 0 Å². The first kappa shape index (κ1) is 13.6. The molecule has 0 aliphatic carbocycles. The highest BCUT2D eigenvalue weighted by atomic mass is 15.4. The van der Waals surface area contributed by atoms with E-state index in [1.54, 1.807) is 0 Å². The summed E-state index contributed by atoms with van der Waals surface area (Å²) in [6.45, 7) is 1.91. The SMILES string of the molecule is CN1CCCC1CNc1nc(NN)nc(-n2cncn2)n1. The number of rotatable bonds is 5. The van der Waals surface area contributed by atoms with Gasteiger partial charge in [-0.05, 0) is 26.4 Å². The Labute approximate surface area is 121 Å². The molecule has 1 fully saturated rings. The standard InChI is InChI=1S/C11H18N10/c1-20-4-2-3-8(20)5-14-9-16-10(19-12)18-11(17-9)21-7-13-6-15-21/h6-8H,2-5,12H2,1H3,(H2,14,16,17,18,19). The average molecular weight is 290 g/mol. The molecule has 1 unspecified atom stereocenters. The van der Waals surface area contributed by atoms with Gasteiger partial charge in [0.1, 0.15) is 12.7 Å². The minimum Gasteiger partial charge on any atom is -0.352 e. The topological polar surface area (TPSA) is 123 Å². The Bertz CT molecular complexity index is 583. The summed E-state index contributed by atoms with van der Waals surface area (Å²) in [5.74, 6) is 6.49. The largest absolute Gasteiger partial charge is 0.352 e. The third kappa shape index (κ3) is 3.06. The third-order valence-electron chi connectivity index (χ3n) is 3.54. The summed E-state index contributed by atoms with van der Waals surface area (Å²) >= 11 is 0. The van der Waals surface area contributed by atoms with Gasteiger partial charge < -0.3 is 10.2 Å². The lowest BCUT2D eigenvalue weighted by atomic mass is 10.2. The van der Waals surface area contributed by atoms with Crippen LogP contribution in [0.2, 0.25) is 0 Å². The van der Waals surface area contributed by atoms with Crippen LogP contribution in [0.25, 0.3) is 5.95 Å². The van der Waals surface area contributed by atoms with Gasteiger partial charge in [-0.25, -0.2) is 10.8 Å². The van der Waals surface area contributed by atoms with E-state index in [-0.39, 0.29) is 5.95 Å². The highest BCUT2D eigenvalue weighted by Crippen LogP contribution is 2.15. The summed E-state index contributed by atoms with van der Waals surface area (Å²) in [6.07, 6.45) is 5.33. The number of nitrogens with two attached hydrogens (primary N) is 1. The molecule has 2 aromatic heterocycles. The van der Waals surface area contributed by atoms with Gasteiger partial charge in [-0.2, -0.15) is 24.7 Å². The number of hydrogen-bond donors (Lipinski definition) is 3. The Morgan fingerprint density at radius 3 is 2.86 bits per heavy atom. The molecule has 0 aromatic carbocycles. The van der Waals surface area contributed by atoms with Gasteiger partial charge in [0.05, 0.1) is 0 Å². The van der Waals surface area contributed by atoms with Crippen molar-refractivity contribution in [1.29, 1.82) is 0 Å². The van der Waals surface area contributed by atoms with Crippen molar-refractivity contribution in [2.45, 2.75) is 18.9 Å². The molecule has 1 saturated heterocycles. The number of nitrogens with one attached hydrogen (secondary N) is 2. The predicted octanol–water partition coefficient (Wildman–Crippen LogP) is -0.756. The molecule has 0 spiro atoms. The Balaban J connectivity index is 1.76. The summed E-state index contributed by atoms with van der Waals surface area (Å²) in [4.78, 5) is 18.9. The summed E-state index contributed by atoms with van der Waals surface area (Å²) in [6, 6.07) is 0.492. The van der Waals surface area contributed by atoms with Crippen molar-refractivity contribution < 1.29 is 0 Å². The predicted molar refractivity (Wildman–Crippen MR) is 76.7 cm³/mol. The van der Waals surface area contributed by atoms with Crippen molar-refractivity contribution in [3.8, 4) is 5.95 Å². The van der Waals surface area contributed by atoms with E-state index >= 15 is 0 Å². The molecule has 10 nitrogen and oxygen atoms in total. The molecular formula is C11H18N10. The van der Waals surface area contributed by atoms with Crippen LogP contribution in [-0.4, -0.2) is 60.8 Å². The minimum absolute atomic E-state index is 0.276. The van der Waals surface area contributed by atoms with E-state index in [0.29, 0.717) is 17.9 Å². The second-order valence-corrected chi connectivity index (χ2v) is 4.92. The third-order valence-corrected chi connectivity index (χ3v) is 3.54. The number of nitrogens with zero attached hydrogens (tertiary/aromatic N) is 7. The molecule has 1 aliphatic heterocycles. The van der Waals surface area contributed by atoms with Crippen LogP contribution in [0.1, 0.15) is 12.8 Å². The molecule has 2 aromatic rings. The average Bonchev–Trinajstić information content (AvgIpc) is 3.16. The van der Waals surface area contributed by atoms with Crippen molar-refractivity contribution in [1.82, 2.24) is 34.6 Å². The second-order valence-electron chi connectivity index (χ2n) is 4.92. The van der Waals surface area contributed by atoms with Gasteiger partial charge in [0, 0.05) is 12.6 Å². The molecule has 112 valence electrons. The number of anilines is 2. The first-order valence-corrected chi connectivity index (χ1v) is 6.78. The van der Waals surface area contributed by atoms with Gasteiger partial charge in [0.2, 0.25) is 11.9 Å². The van der Waals surface area contributed by atoms with E-state index < -0.39 is 0 Å². The Kier molecular flexibility index (Phi) is 3.88. The lowest BCUT2D eigenvalue weighted by Crippen LogP contribution is -2.32. The van der Waals surface area contributed by atoms with Crippen molar-refractivity contribution in [2.24, 2.45) is 5.84 Å². The molecule has 0 radical (unpaired) electrons. The van der Waals surface area contributed by atoms with Crippen LogP contribution in [0.3, 0.4) is 0 Å². The molecule has 10 heteroatoms. The van der Waals surface area contributed by atoms with Crippen molar-refractivity contribution in [3.05, 3.63) is 12.7 Å². The maximum atomic E-state index is 5.40. The number of nitrogen functional groups attached to an aromatic ring is 1. The van der Waals surface area contributed by atoms with Gasteiger partial charge in [0.15, 0.2) is 0 Å². The maximum Gasteiger partial charge on any atom is 0.258 e. The Morgan fingerprint density at radius 2 is 2.19 bits per heavy atom. The van der Waals surface area contributed by atoms with Crippen molar-refractivity contribution in [3.63, 3.8) is 0 Å². The highest BCUT2D eigenvalue weighted by Gasteiger charge is 2.20. The summed E-state index contributed by atoms with van der Waals surface area (Å²) in [5, 5.41) is 7.23. The van der Waals surface area contributed by atoms with E-state index in [0.717, 1.165) is 13.1 Å². The Hall–Kier alpha value is -2.33. The molecule has 3 heterocycles. The number of likely N-dealkylation sites (N-methyl/N-ethyl adjacent to an activating group) is 1. The molecule has 0 amide bonds. The van der Waals surface area contributed by atoms with E-state index in [1.165, 1.54) is 30.2 Å². The summed E-state index contributed by atoms with van der Waals surface area (Å²) in [5.41, 5.74) is 2.43. The molecule has 0 saturated carbocycles. The number of hydrazine groups is 1. The molecule has 1 aliphatic rings. The number of hydrogen-bond acceptors (Lipinski definition) is 9. The fourth-order valence-corrected chi connectivity index (χ4v) is 2.37. The van der Waals surface area contributed by atoms with E-state index in [4.69, 9.17) is 5.84 Å². The van der Waals surface area contributed by atoms with E-state index in [1.807, 2.05) is 0 Å². The first-order chi connectivity index (χ1) is 10.3. The van der Waals surface area contributed by atoms with Crippen LogP contribution in [0, 0.1) is 0 Å². The fourth-order valence-electron chi connectivity index (χ4n) is 2.37. The zero-order valence-corrected chi connectivity index (χ0v) is 11.8. The van der Waals surface area contributed by atoms with Crippen molar-refractivity contribution >= 4 is 11.9 Å². The molecule has 3 rings (SSSR count). The van der Waals surface area contributed by atoms with E-state index in [9.17, 15) is 0 Å². The van der Waals surface area contributed by atoms with Crippen LogP contribution < -0.4 is 16.6 Å². The summed E-state index contributed by atoms with van der Waals surface area (Å²) in [7, 11) is 2.13. The molecule has 0 bridgehead atoms. The van der Waals surface area contributed by atoms with E-state index in [2.05, 4.69) is 47.7 Å². The van der Waals surface area contributed by atoms with Crippen molar-refractivity contribution in [2.75, 3.05) is 30.9 Å². The van der Waals surface area contributed by atoms with Crippen LogP contribution in [0.4, 0.5) is 11.9 Å². The van der Waals surface area contributed by atoms with Crippen LogP contribution in [-0.2, 0) is 0 Å². The Morgan fingerprint density at radius 1 is 1.33 bits per heavy atom. The maximum absolute atomic E-state index is 5.40. The molecule has 21 heavy (non-hydrogen) atoms. The normalized spacial score (nSPS) is 18.9. The lowest BCUT2D eigenvalue weighted by molar-refractivity contribution is 0.322. The van der Waals surface area contributed by atoms with Crippen LogP contribution >= 0.6 is 0 Å². The van der Waals surface area contributed by atoms with Crippen LogP contribution in [0.15, 0.2) is 12.7 Å². The smallest absolute Gasteiger partial charge is 0.258 e. The molecular weight excluding hydrogens is 272 g/mol. The van der Waals surface area contributed by atoms with Gasteiger partial charge in [-0.3, -0.25) is 5.43 Å². The number of aromatic nitrogens is 6. The highest BCUT2D eigenvalue weighted by molar-refractivity contribution is 5.36. The monoisotopic (exact) mass is 290 g/mol. The zero-order chi connectivity index (χ0) is 14.7. The van der Waals surface area contributed by atoms with Gasteiger partial charge in [0.25, 0.3) is 5.95 Å². The first-order valence-electron chi connectivity index (χ1n) is 6.78. The quantitative estimate of drug-likeness (QED) is 0.481. The number of likely N-dealkylation sites (tertiary alicyclic amines) is 1. The van der Waals surface area contributed by atoms with Gasteiger partial charge in [-0.1, -0.05) is 0 Å². The minimum atomic E-state index is 0.276. The second kappa shape index (κ2) is 5.97. The summed E-state index contributed by atoms with van der Waals surface area (Å²) < 4.78 is 1.45.